The van der Waals surface area contributed by atoms with Crippen LogP contribution in [0.5, 0.6) is 0 Å². The van der Waals surface area contributed by atoms with E-state index in [1.165, 1.54) is 23.7 Å². The van der Waals surface area contributed by atoms with Gasteiger partial charge in [0.1, 0.15) is 23.1 Å². The average molecular weight is 388 g/mol. The standard InChI is InChI=1S/C19H20N10/c1-13-10-15(28-8-3-4-9-28)25-17(21-2)16(13)26-27-18-14(11-20)12-24-29(18)19-22-6-5-7-23-19/h5-7,10,12H,3-4,8-9H2,1-2H3,(H,21,25). The van der Waals surface area contributed by atoms with Crippen LogP contribution in [0.25, 0.3) is 5.95 Å². The summed E-state index contributed by atoms with van der Waals surface area (Å²) in [7, 11) is 1.80. The van der Waals surface area contributed by atoms with Crippen molar-refractivity contribution < 1.29 is 0 Å². The fourth-order valence-corrected chi connectivity index (χ4v) is 3.22. The molecule has 10 heteroatoms. The number of nitrogens with zero attached hydrogens (tertiary/aromatic N) is 9. The third kappa shape index (κ3) is 3.62. The van der Waals surface area contributed by atoms with E-state index in [0.29, 0.717) is 17.5 Å². The highest BCUT2D eigenvalue weighted by molar-refractivity contribution is 5.68. The largest absolute Gasteiger partial charge is 0.371 e. The number of aryl methyl sites for hydroxylation is 1. The smallest absolute Gasteiger partial charge is 0.252 e. The van der Waals surface area contributed by atoms with Gasteiger partial charge in [-0.1, -0.05) is 0 Å². The molecule has 1 aliphatic heterocycles. The monoisotopic (exact) mass is 388 g/mol. The zero-order valence-corrected chi connectivity index (χ0v) is 16.2. The zero-order valence-electron chi connectivity index (χ0n) is 16.2. The van der Waals surface area contributed by atoms with Crippen LogP contribution in [0.15, 0.2) is 41.0 Å². The maximum atomic E-state index is 9.41. The topological polar surface area (TPSA) is 120 Å². The number of rotatable bonds is 5. The van der Waals surface area contributed by atoms with Crippen LogP contribution in [0.4, 0.5) is 23.1 Å². The Labute approximate surface area is 168 Å². The molecule has 29 heavy (non-hydrogen) atoms. The molecule has 4 rings (SSSR count). The number of aromatic nitrogens is 5. The number of anilines is 2. The van der Waals surface area contributed by atoms with E-state index >= 15 is 0 Å². The van der Waals surface area contributed by atoms with Gasteiger partial charge in [-0.25, -0.2) is 15.0 Å². The van der Waals surface area contributed by atoms with Gasteiger partial charge in [0.25, 0.3) is 5.95 Å². The second kappa shape index (κ2) is 8.02. The van der Waals surface area contributed by atoms with Crippen molar-refractivity contribution >= 4 is 23.1 Å². The zero-order chi connectivity index (χ0) is 20.2. The Balaban J connectivity index is 1.73. The van der Waals surface area contributed by atoms with E-state index in [9.17, 15) is 5.26 Å². The third-order valence-corrected chi connectivity index (χ3v) is 4.69. The van der Waals surface area contributed by atoms with Crippen molar-refractivity contribution in [3.63, 3.8) is 0 Å². The number of nitriles is 1. The molecule has 0 saturated carbocycles. The Kier molecular flexibility index (Phi) is 5.11. The van der Waals surface area contributed by atoms with Gasteiger partial charge in [0.15, 0.2) is 11.6 Å². The minimum atomic E-state index is 0.267. The Morgan fingerprint density at radius 2 is 1.93 bits per heavy atom. The van der Waals surface area contributed by atoms with Gasteiger partial charge < -0.3 is 10.2 Å². The van der Waals surface area contributed by atoms with E-state index in [0.717, 1.165) is 24.5 Å². The van der Waals surface area contributed by atoms with E-state index in [4.69, 9.17) is 4.98 Å². The maximum Gasteiger partial charge on any atom is 0.252 e. The second-order valence-corrected chi connectivity index (χ2v) is 6.59. The van der Waals surface area contributed by atoms with Crippen LogP contribution < -0.4 is 10.2 Å². The summed E-state index contributed by atoms with van der Waals surface area (Å²) >= 11 is 0. The maximum absolute atomic E-state index is 9.41. The van der Waals surface area contributed by atoms with Crippen molar-refractivity contribution in [3.05, 3.63) is 41.9 Å². The summed E-state index contributed by atoms with van der Waals surface area (Å²) in [5, 5.41) is 25.4. The van der Waals surface area contributed by atoms with Crippen LogP contribution in [-0.2, 0) is 0 Å². The summed E-state index contributed by atoms with van der Waals surface area (Å²) in [6.07, 6.45) is 6.98. The highest BCUT2D eigenvalue weighted by Gasteiger charge is 2.18. The predicted molar refractivity (Wildman–Crippen MR) is 108 cm³/mol. The molecule has 1 saturated heterocycles. The molecule has 146 valence electrons. The summed E-state index contributed by atoms with van der Waals surface area (Å²) in [4.78, 5) is 15.3. The molecule has 0 amide bonds. The lowest BCUT2D eigenvalue weighted by Gasteiger charge is -2.19. The van der Waals surface area contributed by atoms with Gasteiger partial charge in [0, 0.05) is 32.5 Å². The lowest BCUT2D eigenvalue weighted by Crippen LogP contribution is -2.19. The molecule has 0 atom stereocenters. The molecule has 4 heterocycles. The SMILES string of the molecule is CNc1nc(N2CCCC2)cc(C)c1N=Nc1c(C#N)cnn1-c1ncccn1. The minimum Gasteiger partial charge on any atom is -0.371 e. The number of pyridine rings is 1. The Morgan fingerprint density at radius 3 is 2.62 bits per heavy atom. The molecule has 1 N–H and O–H groups in total. The van der Waals surface area contributed by atoms with Gasteiger partial charge in [0.2, 0.25) is 0 Å². The predicted octanol–water partition coefficient (Wildman–Crippen LogP) is 3.29. The van der Waals surface area contributed by atoms with E-state index in [2.05, 4.69) is 41.6 Å². The lowest BCUT2D eigenvalue weighted by molar-refractivity contribution is 0.803. The number of hydrogen-bond acceptors (Lipinski definition) is 9. The quantitative estimate of drug-likeness (QED) is 0.666. The molecular formula is C19H20N10. The van der Waals surface area contributed by atoms with Crippen LogP contribution >= 0.6 is 0 Å². The van der Waals surface area contributed by atoms with Gasteiger partial charge in [-0.15, -0.1) is 10.2 Å². The van der Waals surface area contributed by atoms with Crippen LogP contribution in [0.3, 0.4) is 0 Å². The van der Waals surface area contributed by atoms with E-state index < -0.39 is 0 Å². The Hall–Kier alpha value is -3.87. The molecule has 0 aromatic carbocycles. The van der Waals surface area contributed by atoms with Crippen molar-refractivity contribution in [3.8, 4) is 12.0 Å². The Morgan fingerprint density at radius 1 is 1.17 bits per heavy atom. The van der Waals surface area contributed by atoms with E-state index in [1.807, 2.05) is 13.0 Å². The van der Waals surface area contributed by atoms with Gasteiger partial charge in [-0.2, -0.15) is 15.0 Å². The van der Waals surface area contributed by atoms with Crippen LogP contribution in [0.1, 0.15) is 24.0 Å². The number of nitrogens with one attached hydrogen (secondary N) is 1. The van der Waals surface area contributed by atoms with Crippen LogP contribution in [-0.4, -0.2) is 44.9 Å². The number of azo groups is 1. The van der Waals surface area contributed by atoms with Gasteiger partial charge in [-0.3, -0.25) is 0 Å². The fourth-order valence-electron chi connectivity index (χ4n) is 3.22. The summed E-state index contributed by atoms with van der Waals surface area (Å²) in [5.41, 5.74) is 1.84. The molecule has 1 aliphatic rings. The normalized spacial score (nSPS) is 13.8. The molecule has 0 aliphatic carbocycles. The first-order valence-corrected chi connectivity index (χ1v) is 9.33. The highest BCUT2D eigenvalue weighted by atomic mass is 15.4. The van der Waals surface area contributed by atoms with Gasteiger partial charge in [0.05, 0.1) is 6.20 Å². The molecule has 0 unspecified atom stereocenters. The molecule has 3 aromatic heterocycles. The third-order valence-electron chi connectivity index (χ3n) is 4.69. The minimum absolute atomic E-state index is 0.267. The summed E-state index contributed by atoms with van der Waals surface area (Å²) < 4.78 is 1.39. The van der Waals surface area contributed by atoms with Crippen LogP contribution in [0, 0.1) is 18.3 Å². The summed E-state index contributed by atoms with van der Waals surface area (Å²) in [5.74, 6) is 2.15. The average Bonchev–Trinajstić information content (AvgIpc) is 3.43. The van der Waals surface area contributed by atoms with Crippen molar-refractivity contribution in [1.82, 2.24) is 24.7 Å². The summed E-state index contributed by atoms with van der Waals surface area (Å²) in [6.45, 7) is 4.00. The summed E-state index contributed by atoms with van der Waals surface area (Å²) in [6, 6.07) is 5.80. The fraction of sp³-hybridized carbons (Fsp3) is 0.316. The first-order chi connectivity index (χ1) is 14.2. The van der Waals surface area contributed by atoms with Crippen molar-refractivity contribution in [1.29, 1.82) is 5.26 Å². The molecule has 0 radical (unpaired) electrons. The molecular weight excluding hydrogens is 368 g/mol. The van der Waals surface area contributed by atoms with E-state index in [-0.39, 0.29) is 11.4 Å². The molecule has 0 bridgehead atoms. The van der Waals surface area contributed by atoms with Gasteiger partial charge >= 0.3 is 0 Å². The van der Waals surface area contributed by atoms with Crippen molar-refractivity contribution in [2.75, 3.05) is 30.4 Å². The van der Waals surface area contributed by atoms with Crippen LogP contribution in [0.2, 0.25) is 0 Å². The molecule has 3 aromatic rings. The molecule has 1 fully saturated rings. The highest BCUT2D eigenvalue weighted by Crippen LogP contribution is 2.33. The molecule has 10 nitrogen and oxygen atoms in total. The Bertz CT molecular complexity index is 1070. The van der Waals surface area contributed by atoms with E-state index in [1.54, 1.807) is 25.5 Å². The first-order valence-electron chi connectivity index (χ1n) is 9.33. The number of hydrogen-bond donors (Lipinski definition) is 1. The lowest BCUT2D eigenvalue weighted by atomic mass is 10.2. The first kappa shape index (κ1) is 18.5. The second-order valence-electron chi connectivity index (χ2n) is 6.59. The van der Waals surface area contributed by atoms with Crippen molar-refractivity contribution in [2.24, 2.45) is 10.2 Å². The van der Waals surface area contributed by atoms with Gasteiger partial charge in [-0.05, 0) is 37.5 Å². The molecule has 0 spiro atoms. The van der Waals surface area contributed by atoms with Crippen molar-refractivity contribution in [2.45, 2.75) is 19.8 Å².